The Labute approximate surface area is 150 Å². The van der Waals surface area contributed by atoms with Crippen LogP contribution >= 0.6 is 11.6 Å². The number of carbonyl (C=O) groups excluding carboxylic acids is 1. The molecule has 25 heavy (non-hydrogen) atoms. The van der Waals surface area contributed by atoms with Gasteiger partial charge < -0.3 is 5.32 Å². The molecule has 0 saturated heterocycles. The van der Waals surface area contributed by atoms with Gasteiger partial charge in [-0.25, -0.2) is 22.1 Å². The monoisotopic (exact) mass is 385 g/mol. The lowest BCUT2D eigenvalue weighted by Crippen LogP contribution is -2.28. The topological polar surface area (TPSA) is 79.4 Å². The largest absolute Gasteiger partial charge is 0.311 e. The average Bonchev–Trinajstić information content (AvgIpc) is 2.57. The number of amides is 1. The van der Waals surface area contributed by atoms with E-state index in [0.717, 1.165) is 16.4 Å². The van der Waals surface area contributed by atoms with Gasteiger partial charge in [-0.3, -0.25) is 4.79 Å². The maximum absolute atomic E-state index is 12.9. The second kappa shape index (κ2) is 8.37. The van der Waals surface area contributed by atoms with Crippen LogP contribution in [0.4, 0.5) is 10.2 Å². The number of nitrogens with zero attached hydrogens (tertiary/aromatic N) is 2. The van der Waals surface area contributed by atoms with Crippen LogP contribution in [0.15, 0.2) is 47.5 Å². The van der Waals surface area contributed by atoms with Crippen LogP contribution in [0.1, 0.15) is 12.8 Å². The highest BCUT2D eigenvalue weighted by atomic mass is 35.5. The second-order valence-corrected chi connectivity index (χ2v) is 7.78. The molecule has 0 saturated carbocycles. The van der Waals surface area contributed by atoms with E-state index in [2.05, 4.69) is 10.3 Å². The molecule has 0 spiro atoms. The fraction of sp³-hybridized carbons (Fsp3) is 0.250. The Morgan fingerprint density at radius 1 is 1.24 bits per heavy atom. The van der Waals surface area contributed by atoms with Crippen LogP contribution in [0.5, 0.6) is 0 Å². The summed E-state index contributed by atoms with van der Waals surface area (Å²) in [4.78, 5) is 15.8. The average molecular weight is 386 g/mol. The van der Waals surface area contributed by atoms with Crippen molar-refractivity contribution in [3.63, 3.8) is 0 Å². The number of carbonyl (C=O) groups is 1. The van der Waals surface area contributed by atoms with Gasteiger partial charge in [-0.05, 0) is 42.8 Å². The van der Waals surface area contributed by atoms with Gasteiger partial charge in [-0.1, -0.05) is 11.6 Å². The SMILES string of the molecule is CN(CCCC(=O)Nc1ccc(Cl)cn1)S(=O)(=O)c1ccc(F)cc1. The predicted molar refractivity (Wildman–Crippen MR) is 93.3 cm³/mol. The van der Waals surface area contributed by atoms with Crippen molar-refractivity contribution >= 4 is 33.3 Å². The second-order valence-electron chi connectivity index (χ2n) is 5.29. The standard InChI is InChI=1S/C16H17ClFN3O3S/c1-21(25(23,24)14-7-5-13(18)6-8-14)10-2-3-16(22)20-15-9-4-12(17)11-19-15/h4-9,11H,2-3,10H2,1H3,(H,19,20,22). The molecule has 1 N–H and O–H groups in total. The van der Waals surface area contributed by atoms with Gasteiger partial charge in [0.05, 0.1) is 9.92 Å². The first-order chi connectivity index (χ1) is 11.8. The molecule has 0 atom stereocenters. The quantitative estimate of drug-likeness (QED) is 0.794. The lowest BCUT2D eigenvalue weighted by molar-refractivity contribution is -0.116. The molecule has 9 heteroatoms. The fourth-order valence-electron chi connectivity index (χ4n) is 2.02. The minimum atomic E-state index is -3.71. The molecule has 0 bridgehead atoms. The van der Waals surface area contributed by atoms with Gasteiger partial charge in [-0.15, -0.1) is 0 Å². The molecular formula is C16H17ClFN3O3S. The van der Waals surface area contributed by atoms with E-state index in [0.29, 0.717) is 17.3 Å². The maximum Gasteiger partial charge on any atom is 0.242 e. The lowest BCUT2D eigenvalue weighted by Gasteiger charge is -2.17. The summed E-state index contributed by atoms with van der Waals surface area (Å²) in [5.74, 6) is -0.404. The molecule has 0 aliphatic heterocycles. The molecule has 0 aliphatic rings. The van der Waals surface area contributed by atoms with Crippen LogP contribution in [-0.4, -0.2) is 37.2 Å². The Morgan fingerprint density at radius 2 is 1.92 bits per heavy atom. The van der Waals surface area contributed by atoms with Gasteiger partial charge >= 0.3 is 0 Å². The molecule has 2 aromatic rings. The minimum Gasteiger partial charge on any atom is -0.311 e. The molecular weight excluding hydrogens is 369 g/mol. The summed E-state index contributed by atoms with van der Waals surface area (Å²) < 4.78 is 38.7. The van der Waals surface area contributed by atoms with Gasteiger partial charge in [0.15, 0.2) is 0 Å². The van der Waals surface area contributed by atoms with E-state index in [1.54, 1.807) is 12.1 Å². The van der Waals surface area contributed by atoms with Crippen LogP contribution in [0.2, 0.25) is 5.02 Å². The van der Waals surface area contributed by atoms with Crippen molar-refractivity contribution in [3.8, 4) is 0 Å². The predicted octanol–water partition coefficient (Wildman–Crippen LogP) is 2.91. The summed E-state index contributed by atoms with van der Waals surface area (Å²) in [6.07, 6.45) is 1.88. The highest BCUT2D eigenvalue weighted by Gasteiger charge is 2.20. The van der Waals surface area contributed by atoms with Crippen molar-refractivity contribution in [2.45, 2.75) is 17.7 Å². The molecule has 1 amide bonds. The summed E-state index contributed by atoms with van der Waals surface area (Å²) in [6, 6.07) is 7.78. The third-order valence-corrected chi connectivity index (χ3v) is 5.49. The third kappa shape index (κ3) is 5.48. The summed E-state index contributed by atoms with van der Waals surface area (Å²) in [5.41, 5.74) is 0. The van der Waals surface area contributed by atoms with E-state index < -0.39 is 15.8 Å². The molecule has 0 fully saturated rings. The number of nitrogens with one attached hydrogen (secondary N) is 1. The summed E-state index contributed by atoms with van der Waals surface area (Å²) >= 11 is 5.71. The van der Waals surface area contributed by atoms with Crippen molar-refractivity contribution in [3.05, 3.63) is 53.4 Å². The first-order valence-electron chi connectivity index (χ1n) is 7.42. The number of benzene rings is 1. The Morgan fingerprint density at radius 3 is 2.52 bits per heavy atom. The van der Waals surface area contributed by atoms with Crippen LogP contribution < -0.4 is 5.32 Å². The van der Waals surface area contributed by atoms with Crippen LogP contribution in [-0.2, 0) is 14.8 Å². The fourth-order valence-corrected chi connectivity index (χ4v) is 3.35. The van der Waals surface area contributed by atoms with Crippen molar-refractivity contribution in [2.24, 2.45) is 0 Å². The van der Waals surface area contributed by atoms with E-state index in [4.69, 9.17) is 11.6 Å². The number of pyridine rings is 1. The minimum absolute atomic E-state index is 0.00576. The molecule has 0 radical (unpaired) electrons. The maximum atomic E-state index is 12.9. The molecule has 1 aromatic heterocycles. The zero-order valence-corrected chi connectivity index (χ0v) is 15.0. The summed E-state index contributed by atoms with van der Waals surface area (Å²) in [6.45, 7) is 0.154. The van der Waals surface area contributed by atoms with E-state index in [1.807, 2.05) is 0 Å². The van der Waals surface area contributed by atoms with Crippen molar-refractivity contribution in [1.29, 1.82) is 0 Å². The van der Waals surface area contributed by atoms with Gasteiger partial charge in [-0.2, -0.15) is 0 Å². The Balaban J connectivity index is 1.84. The van der Waals surface area contributed by atoms with Crippen LogP contribution in [0.25, 0.3) is 0 Å². The third-order valence-electron chi connectivity index (χ3n) is 3.39. The Hall–Kier alpha value is -2.03. The highest BCUT2D eigenvalue weighted by molar-refractivity contribution is 7.89. The van der Waals surface area contributed by atoms with Crippen molar-refractivity contribution in [1.82, 2.24) is 9.29 Å². The Bertz CT molecular complexity index is 827. The van der Waals surface area contributed by atoms with E-state index >= 15 is 0 Å². The van der Waals surface area contributed by atoms with Gasteiger partial charge in [0, 0.05) is 26.2 Å². The highest BCUT2D eigenvalue weighted by Crippen LogP contribution is 2.15. The van der Waals surface area contributed by atoms with Crippen LogP contribution in [0, 0.1) is 5.82 Å². The Kier molecular flexibility index (Phi) is 6.46. The number of rotatable bonds is 7. The summed E-state index contributed by atoms with van der Waals surface area (Å²) in [5, 5.41) is 3.06. The number of hydrogen-bond acceptors (Lipinski definition) is 4. The normalized spacial score (nSPS) is 11.5. The van der Waals surface area contributed by atoms with E-state index in [1.165, 1.54) is 25.4 Å². The van der Waals surface area contributed by atoms with Gasteiger partial charge in [0.25, 0.3) is 0 Å². The molecule has 0 aliphatic carbocycles. The number of halogens is 2. The smallest absolute Gasteiger partial charge is 0.242 e. The molecule has 134 valence electrons. The zero-order chi connectivity index (χ0) is 18.4. The molecule has 0 unspecified atom stereocenters. The van der Waals surface area contributed by atoms with Gasteiger partial charge in [0.1, 0.15) is 11.6 Å². The van der Waals surface area contributed by atoms with E-state index in [9.17, 15) is 17.6 Å². The first-order valence-corrected chi connectivity index (χ1v) is 9.24. The zero-order valence-electron chi connectivity index (χ0n) is 13.4. The van der Waals surface area contributed by atoms with Crippen molar-refractivity contribution in [2.75, 3.05) is 18.9 Å². The molecule has 6 nitrogen and oxygen atoms in total. The molecule has 2 rings (SSSR count). The summed E-state index contributed by atoms with van der Waals surface area (Å²) in [7, 11) is -2.30. The molecule has 1 aromatic carbocycles. The number of hydrogen-bond donors (Lipinski definition) is 1. The molecule has 1 heterocycles. The first kappa shape index (κ1) is 19.3. The van der Waals surface area contributed by atoms with E-state index in [-0.39, 0.29) is 23.8 Å². The van der Waals surface area contributed by atoms with Crippen LogP contribution in [0.3, 0.4) is 0 Å². The number of aromatic nitrogens is 1. The lowest BCUT2D eigenvalue weighted by atomic mass is 10.3. The van der Waals surface area contributed by atoms with Gasteiger partial charge in [0.2, 0.25) is 15.9 Å². The van der Waals surface area contributed by atoms with Crippen molar-refractivity contribution < 1.29 is 17.6 Å². The number of anilines is 1. The number of sulfonamides is 1.